The number of ether oxygens (including phenoxy) is 1. The Balaban J connectivity index is 2.41. The first-order valence-corrected chi connectivity index (χ1v) is 5.62. The predicted octanol–water partition coefficient (Wildman–Crippen LogP) is 2.64. The third kappa shape index (κ3) is 2.63. The van der Waals surface area contributed by atoms with E-state index in [4.69, 9.17) is 4.74 Å². The van der Waals surface area contributed by atoms with E-state index >= 15 is 0 Å². The molecule has 0 unspecified atom stereocenters. The molecule has 1 N–H and O–H groups in total. The van der Waals surface area contributed by atoms with Gasteiger partial charge < -0.3 is 9.84 Å². The van der Waals surface area contributed by atoms with Gasteiger partial charge in [0.25, 0.3) is 0 Å². The summed E-state index contributed by atoms with van der Waals surface area (Å²) < 4.78 is 5.46. The molecule has 0 saturated heterocycles. The van der Waals surface area contributed by atoms with Crippen LogP contribution < -0.4 is 4.74 Å². The van der Waals surface area contributed by atoms with Gasteiger partial charge in [-0.15, -0.1) is 0 Å². The van der Waals surface area contributed by atoms with Gasteiger partial charge in [0.1, 0.15) is 5.75 Å². The van der Waals surface area contributed by atoms with Crippen LogP contribution in [0.2, 0.25) is 0 Å². The highest BCUT2D eigenvalue weighted by atomic mass is 16.5. The topological polar surface area (TPSA) is 42.4 Å². The summed E-state index contributed by atoms with van der Waals surface area (Å²) in [4.78, 5) is 4.09. The second kappa shape index (κ2) is 5.46. The Morgan fingerprint density at radius 3 is 2.94 bits per heavy atom. The van der Waals surface area contributed by atoms with Gasteiger partial charge in [0.2, 0.25) is 0 Å². The van der Waals surface area contributed by atoms with E-state index in [2.05, 4.69) is 4.98 Å². The minimum Gasteiger partial charge on any atom is -0.494 e. The minimum absolute atomic E-state index is 0.0106. The molecule has 1 heterocycles. The van der Waals surface area contributed by atoms with E-state index < -0.39 is 0 Å². The smallest absolute Gasteiger partial charge is 0.119 e. The van der Waals surface area contributed by atoms with Crippen molar-refractivity contribution in [3.63, 3.8) is 0 Å². The number of pyridine rings is 1. The summed E-state index contributed by atoms with van der Waals surface area (Å²) >= 11 is 0. The lowest BCUT2D eigenvalue weighted by atomic mass is 10.0. The Morgan fingerprint density at radius 1 is 1.29 bits per heavy atom. The zero-order valence-electron chi connectivity index (χ0n) is 9.76. The van der Waals surface area contributed by atoms with Crippen LogP contribution in [0.5, 0.6) is 5.75 Å². The monoisotopic (exact) mass is 229 g/mol. The summed E-state index contributed by atoms with van der Waals surface area (Å²) in [6.07, 6.45) is 3.44. The van der Waals surface area contributed by atoms with Gasteiger partial charge in [-0.05, 0) is 36.2 Å². The van der Waals surface area contributed by atoms with Crippen molar-refractivity contribution in [2.45, 2.75) is 13.5 Å². The number of benzene rings is 1. The van der Waals surface area contributed by atoms with E-state index in [-0.39, 0.29) is 6.61 Å². The summed E-state index contributed by atoms with van der Waals surface area (Å²) in [6, 6.07) is 9.62. The average molecular weight is 229 g/mol. The fourth-order valence-electron chi connectivity index (χ4n) is 1.74. The molecule has 2 aromatic rings. The number of aliphatic hydroxyl groups is 1. The zero-order valence-corrected chi connectivity index (χ0v) is 9.76. The second-order valence-corrected chi connectivity index (χ2v) is 3.65. The first-order chi connectivity index (χ1) is 8.35. The third-order valence-electron chi connectivity index (χ3n) is 2.54. The maximum Gasteiger partial charge on any atom is 0.119 e. The van der Waals surface area contributed by atoms with Crippen molar-refractivity contribution in [2.75, 3.05) is 6.61 Å². The van der Waals surface area contributed by atoms with E-state index in [0.29, 0.717) is 6.61 Å². The van der Waals surface area contributed by atoms with E-state index in [1.165, 1.54) is 0 Å². The minimum atomic E-state index is 0.0106. The molecule has 2 rings (SSSR count). The Morgan fingerprint density at radius 2 is 2.18 bits per heavy atom. The molecular formula is C14H15NO2. The van der Waals surface area contributed by atoms with Crippen molar-refractivity contribution in [1.82, 2.24) is 4.98 Å². The highest BCUT2D eigenvalue weighted by molar-refractivity contribution is 5.67. The van der Waals surface area contributed by atoms with Gasteiger partial charge in [0.15, 0.2) is 0 Å². The largest absolute Gasteiger partial charge is 0.494 e. The van der Waals surface area contributed by atoms with Crippen LogP contribution in [0, 0.1) is 0 Å². The molecule has 3 nitrogen and oxygen atoms in total. The summed E-state index contributed by atoms with van der Waals surface area (Å²) in [5.41, 5.74) is 2.82. The van der Waals surface area contributed by atoms with Gasteiger partial charge in [-0.3, -0.25) is 4.98 Å². The predicted molar refractivity (Wildman–Crippen MR) is 66.8 cm³/mol. The molecule has 0 bridgehead atoms. The van der Waals surface area contributed by atoms with Crippen LogP contribution in [0.15, 0.2) is 42.7 Å². The molecular weight excluding hydrogens is 214 g/mol. The molecule has 88 valence electrons. The molecule has 0 atom stereocenters. The molecule has 0 radical (unpaired) electrons. The lowest BCUT2D eigenvalue weighted by molar-refractivity contribution is 0.282. The Kier molecular flexibility index (Phi) is 3.73. The molecule has 0 spiro atoms. The Bertz CT molecular complexity index is 497. The summed E-state index contributed by atoms with van der Waals surface area (Å²) in [5, 5.41) is 9.29. The van der Waals surface area contributed by atoms with Crippen LogP contribution in [0.1, 0.15) is 12.5 Å². The van der Waals surface area contributed by atoms with Crippen LogP contribution in [0.4, 0.5) is 0 Å². The van der Waals surface area contributed by atoms with Crippen molar-refractivity contribution < 1.29 is 9.84 Å². The number of aliphatic hydroxyl groups excluding tert-OH is 1. The lowest BCUT2D eigenvalue weighted by Gasteiger charge is -2.09. The van der Waals surface area contributed by atoms with E-state index in [0.717, 1.165) is 22.4 Å². The van der Waals surface area contributed by atoms with E-state index in [9.17, 15) is 5.11 Å². The van der Waals surface area contributed by atoms with Gasteiger partial charge >= 0.3 is 0 Å². The number of rotatable bonds is 4. The molecule has 0 amide bonds. The average Bonchev–Trinajstić information content (AvgIpc) is 2.39. The van der Waals surface area contributed by atoms with Gasteiger partial charge in [-0.25, -0.2) is 0 Å². The van der Waals surface area contributed by atoms with Gasteiger partial charge in [0, 0.05) is 18.0 Å². The van der Waals surface area contributed by atoms with Gasteiger partial charge in [-0.1, -0.05) is 12.1 Å². The molecule has 3 heteroatoms. The highest BCUT2D eigenvalue weighted by Gasteiger charge is 2.05. The van der Waals surface area contributed by atoms with Crippen molar-refractivity contribution in [3.8, 4) is 16.9 Å². The fraction of sp³-hybridized carbons (Fsp3) is 0.214. The first kappa shape index (κ1) is 11.6. The fourth-order valence-corrected chi connectivity index (χ4v) is 1.74. The van der Waals surface area contributed by atoms with Crippen LogP contribution >= 0.6 is 0 Å². The molecule has 0 fully saturated rings. The maximum absolute atomic E-state index is 9.29. The van der Waals surface area contributed by atoms with Crippen LogP contribution in [0.25, 0.3) is 11.1 Å². The van der Waals surface area contributed by atoms with Gasteiger partial charge in [0.05, 0.1) is 13.2 Å². The van der Waals surface area contributed by atoms with Crippen LogP contribution in [0.3, 0.4) is 0 Å². The molecule has 1 aromatic heterocycles. The zero-order chi connectivity index (χ0) is 12.1. The second-order valence-electron chi connectivity index (χ2n) is 3.65. The highest BCUT2D eigenvalue weighted by Crippen LogP contribution is 2.26. The molecule has 0 saturated carbocycles. The third-order valence-corrected chi connectivity index (χ3v) is 2.54. The van der Waals surface area contributed by atoms with Crippen LogP contribution in [-0.2, 0) is 6.61 Å². The maximum atomic E-state index is 9.29. The van der Waals surface area contributed by atoms with Crippen molar-refractivity contribution in [3.05, 3.63) is 48.3 Å². The van der Waals surface area contributed by atoms with E-state index in [1.54, 1.807) is 12.4 Å². The van der Waals surface area contributed by atoms with Gasteiger partial charge in [-0.2, -0.15) is 0 Å². The van der Waals surface area contributed by atoms with Crippen LogP contribution in [-0.4, -0.2) is 16.7 Å². The van der Waals surface area contributed by atoms with Crippen molar-refractivity contribution in [2.24, 2.45) is 0 Å². The Hall–Kier alpha value is -1.87. The number of hydrogen-bond donors (Lipinski definition) is 1. The molecule has 0 aliphatic rings. The molecule has 0 aliphatic carbocycles. The lowest BCUT2D eigenvalue weighted by Crippen LogP contribution is -1.93. The quantitative estimate of drug-likeness (QED) is 0.876. The SMILES string of the molecule is CCOc1cccc(-c2cnccc2CO)c1. The standard InChI is InChI=1S/C14H15NO2/c1-2-17-13-5-3-4-11(8-13)14-9-15-7-6-12(14)10-16/h3-9,16H,2,10H2,1H3. The molecule has 1 aromatic carbocycles. The number of aromatic nitrogens is 1. The molecule has 17 heavy (non-hydrogen) atoms. The number of hydrogen-bond acceptors (Lipinski definition) is 3. The molecule has 0 aliphatic heterocycles. The van der Waals surface area contributed by atoms with Crippen molar-refractivity contribution >= 4 is 0 Å². The Labute approximate surface area is 101 Å². The summed E-state index contributed by atoms with van der Waals surface area (Å²) in [6.45, 7) is 2.61. The number of nitrogens with zero attached hydrogens (tertiary/aromatic N) is 1. The van der Waals surface area contributed by atoms with Crippen molar-refractivity contribution in [1.29, 1.82) is 0 Å². The summed E-state index contributed by atoms with van der Waals surface area (Å²) in [7, 11) is 0. The first-order valence-electron chi connectivity index (χ1n) is 5.62. The summed E-state index contributed by atoms with van der Waals surface area (Å²) in [5.74, 6) is 0.831. The normalized spacial score (nSPS) is 10.2. The van der Waals surface area contributed by atoms with E-state index in [1.807, 2.05) is 37.3 Å².